The number of carbonyl (C=O) groups is 4. The third-order valence-electron chi connectivity index (χ3n) is 9.16. The number of carbonyl (C=O) groups excluding carboxylic acids is 3. The van der Waals surface area contributed by atoms with Crippen molar-refractivity contribution in [2.24, 2.45) is 17.2 Å². The molecule has 10 N–H and O–H groups in total. The number of amides is 3. The largest absolute Gasteiger partial charge is 0.490 e. The molecule has 0 aliphatic heterocycles. The van der Waals surface area contributed by atoms with Gasteiger partial charge in [-0.15, -0.1) is 0 Å². The summed E-state index contributed by atoms with van der Waals surface area (Å²) < 4.78 is 113. The van der Waals surface area contributed by atoms with Gasteiger partial charge in [0.2, 0.25) is 17.7 Å². The van der Waals surface area contributed by atoms with E-state index in [0.29, 0.717) is 237 Å². The molecule has 3 amide bonds. The maximum Gasteiger partial charge on any atom is 0.490 e. The molecule has 27 nitrogen and oxygen atoms in total. The summed E-state index contributed by atoms with van der Waals surface area (Å²) >= 11 is 0. The van der Waals surface area contributed by atoms with Crippen LogP contribution in [0.25, 0.3) is 0 Å². The molecular formula is C47H94F3N7O20. The number of carboxylic acid groups (broad SMARTS) is 1. The minimum atomic E-state index is -5.08. The normalized spacial score (nSPS) is 11.5. The van der Waals surface area contributed by atoms with Crippen LogP contribution in [0.2, 0.25) is 0 Å². The van der Waals surface area contributed by atoms with Crippen LogP contribution in [0.1, 0.15) is 19.3 Å². The van der Waals surface area contributed by atoms with Crippen LogP contribution >= 0.6 is 0 Å². The quantitative estimate of drug-likeness (QED) is 0.0311. The highest BCUT2D eigenvalue weighted by Crippen LogP contribution is 2.13. The summed E-state index contributed by atoms with van der Waals surface area (Å²) in [6.45, 7) is 17.1. The predicted molar refractivity (Wildman–Crippen MR) is 272 cm³/mol. The minimum absolute atomic E-state index is 0.147. The summed E-state index contributed by atoms with van der Waals surface area (Å²) in [7, 11) is 0. The van der Waals surface area contributed by atoms with Crippen LogP contribution in [0.15, 0.2) is 0 Å². The van der Waals surface area contributed by atoms with Crippen molar-refractivity contribution in [2.75, 3.05) is 257 Å². The van der Waals surface area contributed by atoms with E-state index in [0.717, 1.165) is 0 Å². The number of aliphatic carboxylic acids is 1. The fourth-order valence-electron chi connectivity index (χ4n) is 5.35. The first-order valence-electron chi connectivity index (χ1n) is 26.1. The second kappa shape index (κ2) is 62.1. The van der Waals surface area contributed by atoms with Crippen molar-refractivity contribution >= 4 is 23.7 Å². The van der Waals surface area contributed by atoms with Crippen molar-refractivity contribution in [3.8, 4) is 0 Å². The summed E-state index contributed by atoms with van der Waals surface area (Å²) in [4.78, 5) is 48.4. The van der Waals surface area contributed by atoms with E-state index in [-0.39, 0.29) is 56.8 Å². The van der Waals surface area contributed by atoms with Gasteiger partial charge in [0, 0.05) is 78.2 Å². The summed E-state index contributed by atoms with van der Waals surface area (Å²) in [6.07, 6.45) is -4.49. The van der Waals surface area contributed by atoms with Crippen LogP contribution < -0.4 is 33.2 Å². The predicted octanol–water partition coefficient (Wildman–Crippen LogP) is -2.43. The third-order valence-corrected chi connectivity index (χ3v) is 9.16. The second-order valence-electron chi connectivity index (χ2n) is 15.5. The van der Waals surface area contributed by atoms with Gasteiger partial charge in [-0.3, -0.25) is 19.3 Å². The van der Waals surface area contributed by atoms with Gasteiger partial charge in [-0.2, -0.15) is 13.2 Å². The van der Waals surface area contributed by atoms with E-state index in [9.17, 15) is 27.6 Å². The van der Waals surface area contributed by atoms with Crippen LogP contribution in [0, 0.1) is 0 Å². The number of hydrogen-bond acceptors (Lipinski definition) is 23. The van der Waals surface area contributed by atoms with Gasteiger partial charge in [-0.1, -0.05) is 0 Å². The fraction of sp³-hybridized carbons (Fsp3) is 0.915. The highest BCUT2D eigenvalue weighted by molar-refractivity contribution is 5.76. The van der Waals surface area contributed by atoms with Gasteiger partial charge in [0.1, 0.15) is 0 Å². The van der Waals surface area contributed by atoms with E-state index in [1.54, 1.807) is 0 Å². The first-order valence-corrected chi connectivity index (χ1v) is 26.1. The average Bonchev–Trinajstić information content (AvgIpc) is 3.40. The van der Waals surface area contributed by atoms with Crippen molar-refractivity contribution in [3.05, 3.63) is 0 Å². The van der Waals surface area contributed by atoms with Crippen LogP contribution in [0.4, 0.5) is 13.2 Å². The monoisotopic (exact) mass is 1130 g/mol. The first kappa shape index (κ1) is 76.0. The van der Waals surface area contributed by atoms with Crippen molar-refractivity contribution < 1.29 is 109 Å². The molecule has 30 heteroatoms. The number of nitrogens with one attached hydrogen (secondary N) is 3. The number of alkyl halides is 3. The Hall–Kier alpha value is -3.09. The molecular weight excluding hydrogens is 1040 g/mol. The smallest absolute Gasteiger partial charge is 0.475 e. The van der Waals surface area contributed by atoms with Crippen molar-refractivity contribution in [1.82, 2.24) is 20.9 Å². The standard InChI is InChI=1S/C45H93N7O18.C2HF3O2/c46-4-16-59-22-28-65-34-40-68-37-31-62-25-19-56-13-1-43(53)49-7-10-52(11-8-50-44(54)2-14-57-20-26-63-32-38-69-41-35-66-29-23-60-17-5-47)12-9-51-45(55)3-15-58-21-27-64-33-39-70-42-36-67-30-24-61-18-6-48;3-2(4,5)1(6)7/h1-42,46-48H2,(H,49,53)(H,50,54)(H,51,55);(H,6,7). The van der Waals surface area contributed by atoms with Gasteiger partial charge in [0.25, 0.3) is 0 Å². The lowest BCUT2D eigenvalue weighted by Gasteiger charge is -2.23. The summed E-state index contributed by atoms with van der Waals surface area (Å²) in [5, 5.41) is 15.9. The number of ether oxygens (including phenoxy) is 15. The van der Waals surface area contributed by atoms with Crippen LogP contribution in [0.5, 0.6) is 0 Å². The number of halogens is 3. The zero-order chi connectivity index (χ0) is 56.8. The van der Waals surface area contributed by atoms with E-state index < -0.39 is 12.1 Å². The fourth-order valence-corrected chi connectivity index (χ4v) is 5.35. The Morgan fingerprint density at radius 1 is 0.325 bits per heavy atom. The highest BCUT2D eigenvalue weighted by Gasteiger charge is 2.38. The van der Waals surface area contributed by atoms with Crippen molar-refractivity contribution in [1.29, 1.82) is 0 Å². The maximum atomic E-state index is 12.5. The van der Waals surface area contributed by atoms with E-state index in [1.165, 1.54) is 0 Å². The molecule has 0 aromatic heterocycles. The molecule has 0 radical (unpaired) electrons. The summed E-state index contributed by atoms with van der Waals surface area (Å²) in [5.74, 6) is -3.20. The highest BCUT2D eigenvalue weighted by atomic mass is 19.4. The van der Waals surface area contributed by atoms with Gasteiger partial charge in [-0.25, -0.2) is 4.79 Å². The molecule has 0 saturated heterocycles. The molecule has 0 bridgehead atoms. The number of carboxylic acids is 1. The zero-order valence-electron chi connectivity index (χ0n) is 45.2. The van der Waals surface area contributed by atoms with E-state index in [1.807, 2.05) is 0 Å². The molecule has 0 aliphatic rings. The first-order chi connectivity index (χ1) is 37.5. The van der Waals surface area contributed by atoms with Gasteiger partial charge in [-0.05, 0) is 0 Å². The van der Waals surface area contributed by atoms with Crippen molar-refractivity contribution in [3.63, 3.8) is 0 Å². The Balaban J connectivity index is 0. The van der Waals surface area contributed by atoms with E-state index >= 15 is 0 Å². The Kier molecular flexibility index (Phi) is 61.3. The number of nitrogens with zero attached hydrogens (tertiary/aromatic N) is 1. The lowest BCUT2D eigenvalue weighted by atomic mass is 10.3. The second-order valence-corrected chi connectivity index (χ2v) is 15.5. The van der Waals surface area contributed by atoms with E-state index in [2.05, 4.69) is 20.9 Å². The molecule has 0 fully saturated rings. The molecule has 0 atom stereocenters. The molecule has 458 valence electrons. The van der Waals surface area contributed by atoms with Gasteiger partial charge in [0.15, 0.2) is 0 Å². The lowest BCUT2D eigenvalue weighted by molar-refractivity contribution is -0.192. The Bertz CT molecular complexity index is 1170. The van der Waals surface area contributed by atoms with Crippen molar-refractivity contribution in [2.45, 2.75) is 25.4 Å². The summed E-state index contributed by atoms with van der Waals surface area (Å²) in [6, 6.07) is 0. The Labute approximate surface area is 452 Å². The maximum absolute atomic E-state index is 12.5. The van der Waals surface area contributed by atoms with Crippen LogP contribution in [-0.4, -0.2) is 297 Å². The van der Waals surface area contributed by atoms with E-state index in [4.69, 9.17) is 98.2 Å². The third kappa shape index (κ3) is 65.3. The molecule has 77 heavy (non-hydrogen) atoms. The molecule has 0 aliphatic carbocycles. The van der Waals surface area contributed by atoms with Gasteiger partial charge >= 0.3 is 12.1 Å². The van der Waals surface area contributed by atoms with Crippen LogP contribution in [0.3, 0.4) is 0 Å². The zero-order valence-corrected chi connectivity index (χ0v) is 45.2. The topological polar surface area (TPSA) is 344 Å². The number of hydrogen-bond donors (Lipinski definition) is 7. The van der Waals surface area contributed by atoms with Crippen LogP contribution in [-0.2, 0) is 90.2 Å². The molecule has 0 spiro atoms. The average molecular weight is 1130 g/mol. The lowest BCUT2D eigenvalue weighted by Crippen LogP contribution is -2.43. The number of nitrogens with two attached hydrogens (primary N) is 3. The van der Waals surface area contributed by atoms with Gasteiger partial charge < -0.3 is 109 Å². The molecule has 0 rings (SSSR count). The number of rotatable bonds is 60. The molecule has 0 heterocycles. The summed E-state index contributed by atoms with van der Waals surface area (Å²) in [5.41, 5.74) is 16.1. The molecule has 0 saturated carbocycles. The molecule has 0 aromatic rings. The molecule has 0 unspecified atom stereocenters. The minimum Gasteiger partial charge on any atom is -0.475 e. The van der Waals surface area contributed by atoms with Gasteiger partial charge in [0.05, 0.1) is 198 Å². The SMILES string of the molecule is NCCOCCOCCOCCOCCOCCC(=O)NCCN(CCNC(=O)CCOCCOCCOCCOCCOCCN)CCNC(=O)CCOCCOCCOCCOCCOCCN.O=C(O)C(F)(F)F. The Morgan fingerprint density at radius 2 is 0.481 bits per heavy atom. The Morgan fingerprint density at radius 3 is 0.636 bits per heavy atom. The molecule has 0 aromatic carbocycles.